The molecule has 1 aromatic carbocycles. The first-order chi connectivity index (χ1) is 8.17. The quantitative estimate of drug-likeness (QED) is 0.768. The molecule has 1 rings (SSSR count). The van der Waals surface area contributed by atoms with Crippen LogP contribution in [0.3, 0.4) is 0 Å². The van der Waals surface area contributed by atoms with Crippen LogP contribution < -0.4 is 10.6 Å². The predicted molar refractivity (Wildman–Crippen MR) is 66.0 cm³/mol. The van der Waals surface area contributed by atoms with Crippen molar-refractivity contribution < 1.29 is 14.3 Å². The summed E-state index contributed by atoms with van der Waals surface area (Å²) in [6, 6.07) is 7.29. The van der Waals surface area contributed by atoms with E-state index in [-0.39, 0.29) is 6.03 Å². The molecule has 0 aliphatic carbocycles. The minimum Gasteiger partial charge on any atom is -0.354 e. The molecule has 2 N–H and O–H groups in total. The second-order valence-electron chi connectivity index (χ2n) is 3.55. The molecule has 0 saturated carbocycles. The van der Waals surface area contributed by atoms with Crippen LogP contribution in [-0.2, 0) is 9.47 Å². The van der Waals surface area contributed by atoms with Crippen molar-refractivity contribution in [1.29, 1.82) is 0 Å². The summed E-state index contributed by atoms with van der Waals surface area (Å²) in [4.78, 5) is 11.6. The van der Waals surface area contributed by atoms with E-state index in [1.54, 1.807) is 0 Å². The number of anilines is 1. The number of urea groups is 1. The number of carbonyl (C=O) groups excluding carboxylic acids is 1. The summed E-state index contributed by atoms with van der Waals surface area (Å²) < 4.78 is 9.92. The lowest BCUT2D eigenvalue weighted by atomic mass is 10.2. The number of nitrogens with one attached hydrogen (secondary N) is 2. The van der Waals surface area contributed by atoms with Gasteiger partial charge in [0, 0.05) is 19.9 Å². The number of hydrogen-bond donors (Lipinski definition) is 2. The Hall–Kier alpha value is -1.59. The number of rotatable bonds is 5. The van der Waals surface area contributed by atoms with Crippen molar-refractivity contribution in [3.8, 4) is 0 Å². The van der Waals surface area contributed by atoms with Gasteiger partial charge in [0.2, 0.25) is 0 Å². The molecule has 2 amide bonds. The highest BCUT2D eigenvalue weighted by molar-refractivity contribution is 5.89. The number of ether oxygens (including phenoxy) is 2. The van der Waals surface area contributed by atoms with E-state index in [2.05, 4.69) is 10.6 Å². The number of para-hydroxylation sites is 1. The highest BCUT2D eigenvalue weighted by Crippen LogP contribution is 2.12. The normalized spacial score (nSPS) is 10.4. The zero-order chi connectivity index (χ0) is 12.7. The average Bonchev–Trinajstić information content (AvgIpc) is 2.33. The lowest BCUT2D eigenvalue weighted by Gasteiger charge is -2.15. The molecule has 0 spiro atoms. The molecule has 0 atom stereocenters. The summed E-state index contributed by atoms with van der Waals surface area (Å²) in [7, 11) is 3.05. The third-order valence-corrected chi connectivity index (χ3v) is 2.35. The number of methoxy groups -OCH3 is 2. The van der Waals surface area contributed by atoms with Crippen molar-refractivity contribution in [3.05, 3.63) is 29.8 Å². The summed E-state index contributed by atoms with van der Waals surface area (Å²) in [5.74, 6) is 0. The number of carbonyl (C=O) groups is 1. The van der Waals surface area contributed by atoms with Crippen molar-refractivity contribution >= 4 is 11.7 Å². The minimum absolute atomic E-state index is 0.279. The van der Waals surface area contributed by atoms with Gasteiger partial charge in [-0.1, -0.05) is 18.2 Å². The van der Waals surface area contributed by atoms with Crippen LogP contribution in [-0.4, -0.2) is 33.1 Å². The van der Waals surface area contributed by atoms with E-state index in [1.165, 1.54) is 14.2 Å². The second-order valence-corrected chi connectivity index (χ2v) is 3.55. The molecule has 0 aliphatic heterocycles. The first-order valence-corrected chi connectivity index (χ1v) is 5.33. The van der Waals surface area contributed by atoms with Crippen LogP contribution in [0.25, 0.3) is 0 Å². The van der Waals surface area contributed by atoms with Crippen LogP contribution in [0.1, 0.15) is 5.56 Å². The van der Waals surface area contributed by atoms with Gasteiger partial charge in [-0.25, -0.2) is 4.79 Å². The number of amides is 2. The van der Waals surface area contributed by atoms with Crippen molar-refractivity contribution in [2.45, 2.75) is 13.2 Å². The first-order valence-electron chi connectivity index (χ1n) is 5.33. The summed E-state index contributed by atoms with van der Waals surface area (Å²) in [6.45, 7) is 2.23. The Kier molecular flexibility index (Phi) is 5.45. The lowest BCUT2D eigenvalue weighted by molar-refractivity contribution is -0.0970. The number of hydrogen-bond acceptors (Lipinski definition) is 3. The number of benzene rings is 1. The Labute approximate surface area is 101 Å². The SMILES string of the molecule is COC(CNC(=O)Nc1ccccc1C)OC. The molecule has 5 nitrogen and oxygen atoms in total. The number of aryl methyl sites for hydroxylation is 1. The Balaban J connectivity index is 2.42. The summed E-state index contributed by atoms with van der Waals surface area (Å²) >= 11 is 0. The van der Waals surface area contributed by atoms with Gasteiger partial charge in [-0.2, -0.15) is 0 Å². The monoisotopic (exact) mass is 238 g/mol. The molecule has 0 saturated heterocycles. The molecule has 0 fully saturated rings. The van der Waals surface area contributed by atoms with Crippen molar-refractivity contribution in [1.82, 2.24) is 5.32 Å². The Morgan fingerprint density at radius 1 is 1.29 bits per heavy atom. The maximum atomic E-state index is 11.6. The highest BCUT2D eigenvalue weighted by atomic mass is 16.7. The van der Waals surface area contributed by atoms with Gasteiger partial charge in [0.15, 0.2) is 6.29 Å². The Morgan fingerprint density at radius 3 is 2.53 bits per heavy atom. The lowest BCUT2D eigenvalue weighted by Crippen LogP contribution is -2.36. The van der Waals surface area contributed by atoms with E-state index < -0.39 is 6.29 Å². The topological polar surface area (TPSA) is 59.6 Å². The standard InChI is InChI=1S/C12H18N2O3/c1-9-6-4-5-7-10(9)14-12(15)13-8-11(16-2)17-3/h4-7,11H,8H2,1-3H3,(H2,13,14,15). The zero-order valence-corrected chi connectivity index (χ0v) is 10.3. The van der Waals surface area contributed by atoms with Gasteiger partial charge < -0.3 is 20.1 Å². The van der Waals surface area contributed by atoms with Crippen LogP contribution in [0.2, 0.25) is 0 Å². The second kappa shape index (κ2) is 6.88. The molecule has 0 unspecified atom stereocenters. The Bertz CT molecular complexity index is 365. The zero-order valence-electron chi connectivity index (χ0n) is 10.3. The van der Waals surface area contributed by atoms with Crippen LogP contribution in [0.15, 0.2) is 24.3 Å². The van der Waals surface area contributed by atoms with E-state index in [0.29, 0.717) is 6.54 Å². The van der Waals surface area contributed by atoms with Gasteiger partial charge in [-0.3, -0.25) is 0 Å². The van der Waals surface area contributed by atoms with E-state index in [9.17, 15) is 4.79 Å². The molecule has 0 aliphatic rings. The van der Waals surface area contributed by atoms with Crippen LogP contribution in [0.4, 0.5) is 10.5 Å². The molecular formula is C12H18N2O3. The molecule has 0 bridgehead atoms. The molecule has 5 heteroatoms. The predicted octanol–water partition coefficient (Wildman–Crippen LogP) is 1.74. The molecular weight excluding hydrogens is 220 g/mol. The smallest absolute Gasteiger partial charge is 0.319 e. The van der Waals surface area contributed by atoms with Crippen molar-refractivity contribution in [2.75, 3.05) is 26.1 Å². The summed E-state index contributed by atoms with van der Waals surface area (Å²) in [6.07, 6.45) is -0.433. The summed E-state index contributed by atoms with van der Waals surface area (Å²) in [5, 5.41) is 5.41. The molecule has 0 radical (unpaired) electrons. The van der Waals surface area contributed by atoms with Crippen LogP contribution >= 0.6 is 0 Å². The molecule has 0 heterocycles. The van der Waals surface area contributed by atoms with Crippen LogP contribution in [0, 0.1) is 6.92 Å². The fourth-order valence-corrected chi connectivity index (χ4v) is 1.32. The maximum Gasteiger partial charge on any atom is 0.319 e. The Morgan fingerprint density at radius 2 is 1.94 bits per heavy atom. The molecule has 17 heavy (non-hydrogen) atoms. The fraction of sp³-hybridized carbons (Fsp3) is 0.417. The van der Waals surface area contributed by atoms with Crippen molar-refractivity contribution in [3.63, 3.8) is 0 Å². The van der Waals surface area contributed by atoms with Gasteiger partial charge in [-0.05, 0) is 18.6 Å². The third kappa shape index (κ3) is 4.42. The summed E-state index contributed by atoms with van der Waals surface area (Å²) in [5.41, 5.74) is 1.80. The largest absolute Gasteiger partial charge is 0.354 e. The first kappa shape index (κ1) is 13.5. The fourth-order valence-electron chi connectivity index (χ4n) is 1.32. The average molecular weight is 238 g/mol. The van der Waals surface area contributed by atoms with Gasteiger partial charge in [0.25, 0.3) is 0 Å². The minimum atomic E-state index is -0.433. The molecule has 1 aromatic rings. The van der Waals surface area contributed by atoms with Crippen molar-refractivity contribution in [2.24, 2.45) is 0 Å². The van der Waals surface area contributed by atoms with Gasteiger partial charge in [0.1, 0.15) is 0 Å². The maximum absolute atomic E-state index is 11.6. The van der Waals surface area contributed by atoms with E-state index in [0.717, 1.165) is 11.3 Å². The highest BCUT2D eigenvalue weighted by Gasteiger charge is 2.08. The third-order valence-electron chi connectivity index (χ3n) is 2.35. The van der Waals surface area contributed by atoms with E-state index in [4.69, 9.17) is 9.47 Å². The van der Waals surface area contributed by atoms with Gasteiger partial charge >= 0.3 is 6.03 Å². The van der Waals surface area contributed by atoms with E-state index >= 15 is 0 Å². The van der Waals surface area contributed by atoms with Gasteiger partial charge in [-0.15, -0.1) is 0 Å². The molecule has 94 valence electrons. The van der Waals surface area contributed by atoms with Crippen LogP contribution in [0.5, 0.6) is 0 Å². The molecule has 0 aromatic heterocycles. The van der Waals surface area contributed by atoms with E-state index in [1.807, 2.05) is 31.2 Å². The van der Waals surface area contributed by atoms with Gasteiger partial charge in [0.05, 0.1) is 6.54 Å².